The number of hydrogen-bond acceptors (Lipinski definition) is 6. The summed E-state index contributed by atoms with van der Waals surface area (Å²) in [4.78, 5) is 12.3. The van der Waals surface area contributed by atoms with Crippen LogP contribution >= 0.6 is 11.3 Å². The molecule has 7 heteroatoms. The summed E-state index contributed by atoms with van der Waals surface area (Å²) in [6.07, 6.45) is 0. The highest BCUT2D eigenvalue weighted by Gasteiger charge is 2.14. The molecule has 1 amide bonds. The van der Waals surface area contributed by atoms with Crippen molar-refractivity contribution in [3.63, 3.8) is 0 Å². The minimum absolute atomic E-state index is 0.292. The van der Waals surface area contributed by atoms with Gasteiger partial charge in [0.15, 0.2) is 5.01 Å². The summed E-state index contributed by atoms with van der Waals surface area (Å²) in [7, 11) is 1.53. The lowest BCUT2D eigenvalue weighted by Gasteiger charge is -2.06. The molecule has 3 aromatic rings. The molecule has 0 radical (unpaired) electrons. The molecule has 0 unspecified atom stereocenters. The first-order valence-corrected chi connectivity index (χ1v) is 8.43. The molecule has 25 heavy (non-hydrogen) atoms. The predicted molar refractivity (Wildman–Crippen MR) is 96.4 cm³/mol. The molecule has 2 aromatic carbocycles. The van der Waals surface area contributed by atoms with Crippen LogP contribution in [-0.2, 0) is 6.61 Å². The van der Waals surface area contributed by atoms with Gasteiger partial charge >= 0.3 is 0 Å². The Morgan fingerprint density at radius 2 is 2.00 bits per heavy atom. The number of nitrogens with one attached hydrogen (secondary N) is 1. The highest BCUT2D eigenvalue weighted by atomic mass is 32.1. The Morgan fingerprint density at radius 1 is 1.16 bits per heavy atom. The van der Waals surface area contributed by atoms with Gasteiger partial charge in [-0.1, -0.05) is 35.6 Å². The Labute approximate surface area is 149 Å². The van der Waals surface area contributed by atoms with E-state index in [1.54, 1.807) is 24.3 Å². The molecule has 128 valence electrons. The lowest BCUT2D eigenvalue weighted by molar-refractivity contribution is 0.102. The molecular formula is C18H17N3O3S. The number of rotatable bonds is 6. The molecule has 0 aliphatic heterocycles. The number of anilines is 1. The highest BCUT2D eigenvalue weighted by Crippen LogP contribution is 2.22. The van der Waals surface area contributed by atoms with E-state index >= 15 is 0 Å². The molecule has 1 aromatic heterocycles. The molecule has 0 atom stereocenters. The number of carbonyl (C=O) groups excluding carboxylic acids is 1. The van der Waals surface area contributed by atoms with Crippen LogP contribution in [0.1, 0.15) is 20.9 Å². The molecule has 0 bridgehead atoms. The van der Waals surface area contributed by atoms with Crippen LogP contribution in [0.4, 0.5) is 5.13 Å². The number of amides is 1. The van der Waals surface area contributed by atoms with Crippen molar-refractivity contribution in [2.45, 2.75) is 13.5 Å². The molecule has 1 heterocycles. The fourth-order valence-electron chi connectivity index (χ4n) is 2.21. The third-order valence-electron chi connectivity index (χ3n) is 3.39. The Hall–Kier alpha value is -2.93. The van der Waals surface area contributed by atoms with Gasteiger partial charge in [0.25, 0.3) is 5.91 Å². The van der Waals surface area contributed by atoms with Crippen LogP contribution in [0, 0.1) is 6.92 Å². The van der Waals surface area contributed by atoms with Gasteiger partial charge in [-0.15, -0.1) is 10.2 Å². The molecule has 0 fully saturated rings. The molecule has 6 nitrogen and oxygen atoms in total. The second-order valence-electron chi connectivity index (χ2n) is 5.26. The van der Waals surface area contributed by atoms with E-state index < -0.39 is 0 Å². The standard InChI is InChI=1S/C18H17N3O3S/c1-12-6-5-7-13(10-12)24-11-16-20-21-18(25-16)19-17(22)14-8-3-4-9-15(14)23-2/h3-10H,11H2,1-2H3,(H,19,21,22). The Kier molecular flexibility index (Phi) is 5.25. The average molecular weight is 355 g/mol. The van der Waals surface area contributed by atoms with Crippen molar-refractivity contribution in [3.8, 4) is 11.5 Å². The van der Waals surface area contributed by atoms with E-state index in [-0.39, 0.29) is 5.91 Å². The summed E-state index contributed by atoms with van der Waals surface area (Å²) in [6.45, 7) is 2.30. The van der Waals surface area contributed by atoms with E-state index in [0.717, 1.165) is 11.3 Å². The van der Waals surface area contributed by atoms with Crippen LogP contribution < -0.4 is 14.8 Å². The summed E-state index contributed by atoms with van der Waals surface area (Å²) < 4.78 is 10.9. The van der Waals surface area contributed by atoms with E-state index in [9.17, 15) is 4.79 Å². The van der Waals surface area contributed by atoms with Crippen LogP contribution in [-0.4, -0.2) is 23.2 Å². The van der Waals surface area contributed by atoms with Gasteiger partial charge in [0, 0.05) is 0 Å². The molecular weight excluding hydrogens is 338 g/mol. The van der Waals surface area contributed by atoms with E-state index in [4.69, 9.17) is 9.47 Å². The van der Waals surface area contributed by atoms with Crippen molar-refractivity contribution < 1.29 is 14.3 Å². The third kappa shape index (κ3) is 4.33. The second-order valence-corrected chi connectivity index (χ2v) is 6.32. The summed E-state index contributed by atoms with van der Waals surface area (Å²) in [5.41, 5.74) is 1.57. The highest BCUT2D eigenvalue weighted by molar-refractivity contribution is 7.15. The number of aryl methyl sites for hydroxylation is 1. The zero-order valence-corrected chi connectivity index (χ0v) is 14.7. The quantitative estimate of drug-likeness (QED) is 0.730. The third-order valence-corrected chi connectivity index (χ3v) is 4.20. The summed E-state index contributed by atoms with van der Waals surface area (Å²) in [5.74, 6) is 0.988. The van der Waals surface area contributed by atoms with Crippen LogP contribution in [0.3, 0.4) is 0 Å². The van der Waals surface area contributed by atoms with Gasteiger partial charge in [0.2, 0.25) is 5.13 Å². The van der Waals surface area contributed by atoms with Crippen molar-refractivity contribution in [2.24, 2.45) is 0 Å². The Balaban J connectivity index is 1.62. The predicted octanol–water partition coefficient (Wildman–Crippen LogP) is 3.69. The number of para-hydroxylation sites is 1. The smallest absolute Gasteiger partial charge is 0.261 e. The lowest BCUT2D eigenvalue weighted by atomic mass is 10.2. The van der Waals surface area contributed by atoms with E-state index in [1.807, 2.05) is 31.2 Å². The molecule has 3 rings (SSSR count). The van der Waals surface area contributed by atoms with Gasteiger partial charge in [-0.2, -0.15) is 0 Å². The molecule has 0 saturated carbocycles. The maximum Gasteiger partial charge on any atom is 0.261 e. The van der Waals surface area contributed by atoms with Crippen LogP contribution in [0.15, 0.2) is 48.5 Å². The van der Waals surface area contributed by atoms with Crippen LogP contribution in [0.25, 0.3) is 0 Å². The van der Waals surface area contributed by atoms with Gasteiger partial charge in [0.05, 0.1) is 12.7 Å². The summed E-state index contributed by atoms with van der Waals surface area (Å²) in [5, 5.41) is 11.8. The molecule has 0 saturated heterocycles. The van der Waals surface area contributed by atoms with Gasteiger partial charge in [0.1, 0.15) is 18.1 Å². The van der Waals surface area contributed by atoms with Crippen molar-refractivity contribution in [1.82, 2.24) is 10.2 Å². The van der Waals surface area contributed by atoms with E-state index in [0.29, 0.717) is 28.1 Å². The van der Waals surface area contributed by atoms with E-state index in [2.05, 4.69) is 15.5 Å². The maximum absolute atomic E-state index is 12.3. The number of carbonyl (C=O) groups is 1. The summed E-state index contributed by atoms with van der Waals surface area (Å²) >= 11 is 1.27. The Bertz CT molecular complexity index is 879. The maximum atomic E-state index is 12.3. The van der Waals surface area contributed by atoms with Crippen LogP contribution in [0.2, 0.25) is 0 Å². The fraction of sp³-hybridized carbons (Fsp3) is 0.167. The first-order valence-electron chi connectivity index (χ1n) is 7.62. The van der Waals surface area contributed by atoms with Gasteiger partial charge in [-0.3, -0.25) is 10.1 Å². The number of methoxy groups -OCH3 is 1. The monoisotopic (exact) mass is 355 g/mol. The number of nitrogens with zero attached hydrogens (tertiary/aromatic N) is 2. The first kappa shape index (κ1) is 16.9. The topological polar surface area (TPSA) is 73.3 Å². The number of hydrogen-bond donors (Lipinski definition) is 1. The fourth-order valence-corrected chi connectivity index (χ4v) is 2.86. The zero-order chi connectivity index (χ0) is 17.6. The SMILES string of the molecule is COc1ccccc1C(=O)Nc1nnc(COc2cccc(C)c2)s1. The lowest BCUT2D eigenvalue weighted by Crippen LogP contribution is -2.12. The number of ether oxygens (including phenoxy) is 2. The molecule has 0 spiro atoms. The van der Waals surface area contributed by atoms with Gasteiger partial charge < -0.3 is 9.47 Å². The summed E-state index contributed by atoms with van der Waals surface area (Å²) in [6, 6.07) is 14.8. The van der Waals surface area contributed by atoms with Crippen molar-refractivity contribution >= 4 is 22.4 Å². The van der Waals surface area contributed by atoms with Crippen molar-refractivity contribution in [3.05, 3.63) is 64.7 Å². The Morgan fingerprint density at radius 3 is 2.80 bits per heavy atom. The molecule has 0 aliphatic rings. The molecule has 1 N–H and O–H groups in total. The minimum Gasteiger partial charge on any atom is -0.496 e. The molecule has 0 aliphatic carbocycles. The minimum atomic E-state index is -0.292. The van der Waals surface area contributed by atoms with Gasteiger partial charge in [-0.25, -0.2) is 0 Å². The normalized spacial score (nSPS) is 10.3. The van der Waals surface area contributed by atoms with Crippen LogP contribution in [0.5, 0.6) is 11.5 Å². The van der Waals surface area contributed by atoms with Crippen molar-refractivity contribution in [1.29, 1.82) is 0 Å². The second kappa shape index (κ2) is 7.76. The number of benzene rings is 2. The number of aromatic nitrogens is 2. The van der Waals surface area contributed by atoms with E-state index in [1.165, 1.54) is 18.4 Å². The largest absolute Gasteiger partial charge is 0.496 e. The van der Waals surface area contributed by atoms with Gasteiger partial charge in [-0.05, 0) is 36.8 Å². The average Bonchev–Trinajstić information content (AvgIpc) is 3.07. The van der Waals surface area contributed by atoms with Crippen molar-refractivity contribution in [2.75, 3.05) is 12.4 Å². The zero-order valence-electron chi connectivity index (χ0n) is 13.9. The first-order chi connectivity index (χ1) is 12.2.